The van der Waals surface area contributed by atoms with Crippen molar-refractivity contribution >= 4 is 44.9 Å². The molecule has 0 radical (unpaired) electrons. The Balaban J connectivity index is 1.63. The van der Waals surface area contributed by atoms with E-state index in [-0.39, 0.29) is 5.56 Å². The molecule has 0 bridgehead atoms. The van der Waals surface area contributed by atoms with Crippen molar-refractivity contribution < 1.29 is 4.52 Å². The summed E-state index contributed by atoms with van der Waals surface area (Å²) in [6.07, 6.45) is 1.69. The molecule has 148 valence electrons. The Bertz CT molecular complexity index is 1260. The summed E-state index contributed by atoms with van der Waals surface area (Å²) in [4.78, 5) is 24.0. The summed E-state index contributed by atoms with van der Waals surface area (Å²) >= 11 is 8.84. The van der Waals surface area contributed by atoms with Gasteiger partial charge in [0.25, 0.3) is 5.56 Å². The number of hydrogen-bond acceptors (Lipinski definition) is 7. The van der Waals surface area contributed by atoms with Gasteiger partial charge in [-0.25, -0.2) is 4.98 Å². The van der Waals surface area contributed by atoms with Crippen LogP contribution in [0.4, 0.5) is 0 Å². The second-order valence-corrected chi connectivity index (χ2v) is 8.95. The monoisotopic (exact) mass is 444 g/mol. The van der Waals surface area contributed by atoms with Gasteiger partial charge in [0.1, 0.15) is 4.83 Å². The van der Waals surface area contributed by atoms with Crippen LogP contribution in [-0.2, 0) is 12.3 Å². The molecule has 0 aliphatic carbocycles. The number of aromatic nitrogens is 4. The number of hydrogen-bond donors (Lipinski definition) is 0. The van der Waals surface area contributed by atoms with E-state index in [0.717, 1.165) is 20.8 Å². The molecule has 3 aromatic heterocycles. The zero-order valence-corrected chi connectivity index (χ0v) is 18.2. The van der Waals surface area contributed by atoms with E-state index in [1.807, 2.05) is 26.0 Å². The van der Waals surface area contributed by atoms with Gasteiger partial charge in [-0.05, 0) is 43.7 Å². The van der Waals surface area contributed by atoms with Crippen LogP contribution in [0.25, 0.3) is 21.6 Å². The molecule has 0 aliphatic heterocycles. The molecular formula is C20H17ClN4O2S2. The lowest BCUT2D eigenvalue weighted by Crippen LogP contribution is -2.22. The number of rotatable bonds is 6. The number of benzene rings is 1. The zero-order valence-electron chi connectivity index (χ0n) is 15.8. The first-order chi connectivity index (χ1) is 14.0. The Hall–Kier alpha value is -2.42. The van der Waals surface area contributed by atoms with E-state index < -0.39 is 0 Å². The number of allylic oxidation sites excluding steroid dienone is 1. The number of thiophene rings is 1. The number of fused-ring (bicyclic) bond motifs is 1. The number of thioether (sulfide) groups is 1. The van der Waals surface area contributed by atoms with Crippen LogP contribution in [0, 0.1) is 13.8 Å². The van der Waals surface area contributed by atoms with Crippen LogP contribution in [0.5, 0.6) is 0 Å². The molecule has 9 heteroatoms. The van der Waals surface area contributed by atoms with E-state index in [4.69, 9.17) is 21.1 Å². The third kappa shape index (κ3) is 3.88. The fourth-order valence-electron chi connectivity index (χ4n) is 2.86. The van der Waals surface area contributed by atoms with Gasteiger partial charge in [-0.3, -0.25) is 9.36 Å². The molecule has 0 atom stereocenters. The largest absolute Gasteiger partial charge is 0.338 e. The molecule has 0 unspecified atom stereocenters. The molecule has 0 saturated carbocycles. The summed E-state index contributed by atoms with van der Waals surface area (Å²) in [5, 5.41) is 5.96. The summed E-state index contributed by atoms with van der Waals surface area (Å²) in [7, 11) is 0. The molecular weight excluding hydrogens is 428 g/mol. The zero-order chi connectivity index (χ0) is 20.5. The van der Waals surface area contributed by atoms with E-state index in [9.17, 15) is 4.79 Å². The lowest BCUT2D eigenvalue weighted by molar-refractivity contribution is 0.391. The first-order valence-corrected chi connectivity index (χ1v) is 11.0. The Morgan fingerprint density at radius 1 is 1.28 bits per heavy atom. The van der Waals surface area contributed by atoms with Crippen LogP contribution in [0.2, 0.25) is 5.02 Å². The second-order valence-electron chi connectivity index (χ2n) is 6.37. The summed E-state index contributed by atoms with van der Waals surface area (Å²) in [6.45, 7) is 8.11. The maximum Gasteiger partial charge on any atom is 0.263 e. The average Bonchev–Trinajstić information content (AvgIpc) is 3.28. The minimum atomic E-state index is -0.0494. The third-order valence-corrected chi connectivity index (χ3v) is 6.78. The predicted octanol–water partition coefficient (Wildman–Crippen LogP) is 5.26. The van der Waals surface area contributed by atoms with E-state index in [2.05, 4.69) is 16.7 Å². The van der Waals surface area contributed by atoms with Gasteiger partial charge >= 0.3 is 0 Å². The van der Waals surface area contributed by atoms with Crippen molar-refractivity contribution in [2.45, 2.75) is 31.3 Å². The van der Waals surface area contributed by atoms with Gasteiger partial charge in [0.2, 0.25) is 11.7 Å². The molecule has 0 saturated heterocycles. The van der Waals surface area contributed by atoms with Gasteiger partial charge in [0.15, 0.2) is 5.16 Å². The van der Waals surface area contributed by atoms with Gasteiger partial charge in [-0.1, -0.05) is 34.6 Å². The van der Waals surface area contributed by atoms with Gasteiger partial charge in [-0.2, -0.15) is 4.98 Å². The third-order valence-electron chi connectivity index (χ3n) is 4.46. The van der Waals surface area contributed by atoms with E-state index >= 15 is 0 Å². The molecule has 0 N–H and O–H groups in total. The molecule has 29 heavy (non-hydrogen) atoms. The van der Waals surface area contributed by atoms with Crippen molar-refractivity contribution in [3.8, 4) is 11.4 Å². The Labute approximate surface area is 180 Å². The van der Waals surface area contributed by atoms with E-state index in [0.29, 0.717) is 39.6 Å². The fourth-order valence-corrected chi connectivity index (χ4v) is 4.91. The maximum atomic E-state index is 13.0. The lowest BCUT2D eigenvalue weighted by atomic mass is 10.2. The van der Waals surface area contributed by atoms with Crippen LogP contribution in [0.3, 0.4) is 0 Å². The molecule has 4 rings (SSSR count). The van der Waals surface area contributed by atoms with Crippen molar-refractivity contribution in [2.24, 2.45) is 0 Å². The first-order valence-electron chi connectivity index (χ1n) is 8.80. The number of aryl methyl sites for hydroxylation is 2. The normalized spacial score (nSPS) is 11.3. The van der Waals surface area contributed by atoms with Gasteiger partial charge in [0, 0.05) is 22.0 Å². The highest BCUT2D eigenvalue weighted by Crippen LogP contribution is 2.29. The van der Waals surface area contributed by atoms with Gasteiger partial charge in [0.05, 0.1) is 11.1 Å². The molecule has 0 amide bonds. The summed E-state index contributed by atoms with van der Waals surface area (Å²) in [5.41, 5.74) is 1.76. The van der Waals surface area contributed by atoms with Gasteiger partial charge < -0.3 is 4.52 Å². The van der Waals surface area contributed by atoms with Crippen LogP contribution < -0.4 is 5.56 Å². The molecule has 0 fully saturated rings. The smallest absolute Gasteiger partial charge is 0.263 e. The highest BCUT2D eigenvalue weighted by molar-refractivity contribution is 7.98. The number of nitrogens with zero attached hydrogens (tertiary/aromatic N) is 4. The maximum absolute atomic E-state index is 13.0. The van der Waals surface area contributed by atoms with E-state index in [1.165, 1.54) is 23.1 Å². The molecule has 0 aliphatic rings. The van der Waals surface area contributed by atoms with Crippen LogP contribution >= 0.6 is 34.7 Å². The van der Waals surface area contributed by atoms with Crippen molar-refractivity contribution in [1.82, 2.24) is 19.7 Å². The van der Waals surface area contributed by atoms with E-state index in [1.54, 1.807) is 22.8 Å². The standard InChI is InChI=1S/C20H17ClN4O2S2/c1-4-9-25-19(26)16-11(2)12(3)29-18(16)23-20(25)28-10-15-22-17(24-27-15)13-5-7-14(21)8-6-13/h4-8H,1,9-10H2,2-3H3. The molecule has 6 nitrogen and oxygen atoms in total. The van der Waals surface area contributed by atoms with Crippen molar-refractivity contribution in [3.63, 3.8) is 0 Å². The fraction of sp³-hybridized carbons (Fsp3) is 0.200. The topological polar surface area (TPSA) is 73.8 Å². The molecule has 0 spiro atoms. The van der Waals surface area contributed by atoms with Crippen LogP contribution in [0.15, 0.2) is 51.4 Å². The average molecular weight is 445 g/mol. The van der Waals surface area contributed by atoms with Gasteiger partial charge in [-0.15, -0.1) is 17.9 Å². The highest BCUT2D eigenvalue weighted by atomic mass is 35.5. The molecule has 4 aromatic rings. The lowest BCUT2D eigenvalue weighted by Gasteiger charge is -2.09. The Kier molecular flexibility index (Phi) is 5.58. The minimum absolute atomic E-state index is 0.0494. The van der Waals surface area contributed by atoms with Crippen molar-refractivity contribution in [1.29, 1.82) is 0 Å². The van der Waals surface area contributed by atoms with Crippen molar-refractivity contribution in [3.05, 3.63) is 68.6 Å². The second kappa shape index (κ2) is 8.14. The Morgan fingerprint density at radius 2 is 2.03 bits per heavy atom. The predicted molar refractivity (Wildman–Crippen MR) is 118 cm³/mol. The SMILES string of the molecule is C=CCn1c(SCc2nc(-c3ccc(Cl)cc3)no2)nc2sc(C)c(C)c2c1=O. The Morgan fingerprint density at radius 3 is 2.76 bits per heavy atom. The van der Waals surface area contributed by atoms with Crippen LogP contribution in [-0.4, -0.2) is 19.7 Å². The molecule has 1 aromatic carbocycles. The van der Waals surface area contributed by atoms with Crippen molar-refractivity contribution in [2.75, 3.05) is 0 Å². The summed E-state index contributed by atoms with van der Waals surface area (Å²) in [5.74, 6) is 1.35. The summed E-state index contributed by atoms with van der Waals surface area (Å²) < 4.78 is 7.00. The molecule has 3 heterocycles. The number of halogens is 1. The minimum Gasteiger partial charge on any atom is -0.338 e. The summed E-state index contributed by atoms with van der Waals surface area (Å²) in [6, 6.07) is 7.23. The highest BCUT2D eigenvalue weighted by Gasteiger charge is 2.17. The van der Waals surface area contributed by atoms with Crippen LogP contribution in [0.1, 0.15) is 16.3 Å². The first kappa shape index (κ1) is 19.9. The quantitative estimate of drug-likeness (QED) is 0.229.